The van der Waals surface area contributed by atoms with Gasteiger partial charge in [-0.05, 0) is 6.07 Å². The van der Waals surface area contributed by atoms with Gasteiger partial charge >= 0.3 is 0 Å². The molecular weight excluding hydrogens is 178 g/mol. The average molecular weight is 193 g/mol. The van der Waals surface area contributed by atoms with E-state index in [4.69, 9.17) is 15.2 Å². The molecule has 0 atom stereocenters. The number of nitrogens with two attached hydrogens (primary N) is 1. The van der Waals surface area contributed by atoms with Crippen LogP contribution in [0, 0.1) is 0 Å². The summed E-state index contributed by atoms with van der Waals surface area (Å²) in [5.41, 5.74) is 6.35. The molecule has 0 aromatic heterocycles. The molecule has 0 saturated heterocycles. The molecule has 0 aliphatic heterocycles. The minimum absolute atomic E-state index is 0.514. The van der Waals surface area contributed by atoms with E-state index >= 15 is 0 Å². The maximum Gasteiger partial charge on any atom is 0.167 e. The van der Waals surface area contributed by atoms with Crippen LogP contribution >= 0.6 is 0 Å². The van der Waals surface area contributed by atoms with Crippen LogP contribution in [0.25, 0.3) is 6.08 Å². The van der Waals surface area contributed by atoms with E-state index in [-0.39, 0.29) is 0 Å². The Bertz CT molecular complexity index is 321. The Hall–Kier alpha value is -1.48. The monoisotopic (exact) mass is 193 g/mol. The number of rotatable bonds is 4. The van der Waals surface area contributed by atoms with Gasteiger partial charge in [-0.2, -0.15) is 0 Å². The van der Waals surface area contributed by atoms with Gasteiger partial charge in [-0.25, -0.2) is 0 Å². The van der Waals surface area contributed by atoms with E-state index in [0.717, 1.165) is 17.1 Å². The van der Waals surface area contributed by atoms with Gasteiger partial charge in [-0.1, -0.05) is 24.3 Å². The summed E-state index contributed by atoms with van der Waals surface area (Å²) in [6.45, 7) is 0.514. The van der Waals surface area contributed by atoms with Crippen molar-refractivity contribution in [2.24, 2.45) is 5.73 Å². The first kappa shape index (κ1) is 10.6. The third-order valence-corrected chi connectivity index (χ3v) is 1.87. The molecule has 14 heavy (non-hydrogen) atoms. The van der Waals surface area contributed by atoms with Gasteiger partial charge in [0.25, 0.3) is 0 Å². The molecule has 3 heteroatoms. The van der Waals surface area contributed by atoms with Crippen LogP contribution in [0.5, 0.6) is 11.5 Å². The molecule has 3 nitrogen and oxygen atoms in total. The molecule has 0 saturated carbocycles. The fourth-order valence-electron chi connectivity index (χ4n) is 1.24. The molecule has 0 aliphatic carbocycles. The van der Waals surface area contributed by atoms with E-state index in [1.54, 1.807) is 14.2 Å². The van der Waals surface area contributed by atoms with Crippen molar-refractivity contribution in [1.82, 2.24) is 0 Å². The summed E-state index contributed by atoms with van der Waals surface area (Å²) >= 11 is 0. The lowest BCUT2D eigenvalue weighted by molar-refractivity contribution is 0.354. The van der Waals surface area contributed by atoms with E-state index in [9.17, 15) is 0 Å². The largest absolute Gasteiger partial charge is 0.493 e. The second kappa shape index (κ2) is 5.29. The fourth-order valence-corrected chi connectivity index (χ4v) is 1.24. The minimum atomic E-state index is 0.514. The molecule has 0 fully saturated rings. The van der Waals surface area contributed by atoms with Gasteiger partial charge in [0.15, 0.2) is 11.5 Å². The Balaban J connectivity index is 3.08. The van der Waals surface area contributed by atoms with Crippen LogP contribution < -0.4 is 15.2 Å². The number of ether oxygens (including phenoxy) is 2. The predicted octanol–water partition coefficient (Wildman–Crippen LogP) is 1.68. The van der Waals surface area contributed by atoms with Crippen molar-refractivity contribution in [3.63, 3.8) is 0 Å². The minimum Gasteiger partial charge on any atom is -0.493 e. The second-order valence-corrected chi connectivity index (χ2v) is 2.72. The number of benzene rings is 1. The van der Waals surface area contributed by atoms with Crippen LogP contribution in [0.2, 0.25) is 0 Å². The number of para-hydroxylation sites is 1. The SMILES string of the molecule is COc1cccc(C=CCN)c1OC. The quantitative estimate of drug-likeness (QED) is 0.791. The number of hydrogen-bond donors (Lipinski definition) is 1. The Morgan fingerprint density at radius 2 is 2.07 bits per heavy atom. The Kier molecular flexibility index (Phi) is 4.01. The zero-order valence-electron chi connectivity index (χ0n) is 8.49. The lowest BCUT2D eigenvalue weighted by Gasteiger charge is -2.09. The van der Waals surface area contributed by atoms with E-state index in [1.807, 2.05) is 30.4 Å². The maximum atomic E-state index is 5.38. The number of methoxy groups -OCH3 is 2. The molecule has 0 radical (unpaired) electrons. The smallest absolute Gasteiger partial charge is 0.167 e. The highest BCUT2D eigenvalue weighted by molar-refractivity contribution is 5.62. The van der Waals surface area contributed by atoms with Crippen molar-refractivity contribution in [3.05, 3.63) is 29.8 Å². The van der Waals surface area contributed by atoms with Gasteiger partial charge in [0.1, 0.15) is 0 Å². The van der Waals surface area contributed by atoms with Gasteiger partial charge in [0.05, 0.1) is 14.2 Å². The predicted molar refractivity (Wildman–Crippen MR) is 57.6 cm³/mol. The van der Waals surface area contributed by atoms with Crippen molar-refractivity contribution in [2.45, 2.75) is 0 Å². The van der Waals surface area contributed by atoms with Crippen molar-refractivity contribution in [3.8, 4) is 11.5 Å². The first-order valence-electron chi connectivity index (χ1n) is 4.41. The van der Waals surface area contributed by atoms with E-state index < -0.39 is 0 Å². The van der Waals surface area contributed by atoms with Crippen LogP contribution in [-0.2, 0) is 0 Å². The maximum absolute atomic E-state index is 5.38. The molecule has 2 N–H and O–H groups in total. The zero-order chi connectivity index (χ0) is 10.4. The molecular formula is C11H15NO2. The van der Waals surface area contributed by atoms with Crippen molar-refractivity contribution >= 4 is 6.08 Å². The topological polar surface area (TPSA) is 44.5 Å². The zero-order valence-corrected chi connectivity index (χ0v) is 8.49. The van der Waals surface area contributed by atoms with Gasteiger partial charge < -0.3 is 15.2 Å². The molecule has 76 valence electrons. The lowest BCUT2D eigenvalue weighted by atomic mass is 10.1. The van der Waals surface area contributed by atoms with Gasteiger partial charge in [0.2, 0.25) is 0 Å². The highest BCUT2D eigenvalue weighted by Crippen LogP contribution is 2.31. The van der Waals surface area contributed by atoms with Crippen LogP contribution in [-0.4, -0.2) is 20.8 Å². The van der Waals surface area contributed by atoms with Gasteiger partial charge in [-0.15, -0.1) is 0 Å². The first-order valence-corrected chi connectivity index (χ1v) is 4.41. The van der Waals surface area contributed by atoms with Crippen molar-refractivity contribution in [1.29, 1.82) is 0 Å². The highest BCUT2D eigenvalue weighted by Gasteiger charge is 2.05. The summed E-state index contributed by atoms with van der Waals surface area (Å²) in [4.78, 5) is 0. The third-order valence-electron chi connectivity index (χ3n) is 1.87. The van der Waals surface area contributed by atoms with E-state index in [2.05, 4.69) is 0 Å². The molecule has 1 rings (SSSR count). The lowest BCUT2D eigenvalue weighted by Crippen LogP contribution is -1.94. The average Bonchev–Trinajstić information content (AvgIpc) is 2.25. The molecule has 0 spiro atoms. The van der Waals surface area contributed by atoms with Crippen LogP contribution in [0.1, 0.15) is 5.56 Å². The molecule has 0 aliphatic rings. The molecule has 0 heterocycles. The summed E-state index contributed by atoms with van der Waals surface area (Å²) in [6, 6.07) is 5.73. The Labute approximate surface area is 84.1 Å². The summed E-state index contributed by atoms with van der Waals surface area (Å²) in [7, 11) is 3.24. The fraction of sp³-hybridized carbons (Fsp3) is 0.273. The molecule has 0 unspecified atom stereocenters. The van der Waals surface area contributed by atoms with Crippen LogP contribution in [0.3, 0.4) is 0 Å². The molecule has 1 aromatic rings. The summed E-state index contributed by atoms with van der Waals surface area (Å²) in [6.07, 6.45) is 3.79. The first-order chi connectivity index (χ1) is 6.83. The number of hydrogen-bond acceptors (Lipinski definition) is 3. The Morgan fingerprint density at radius 1 is 1.29 bits per heavy atom. The molecule has 0 bridgehead atoms. The summed E-state index contributed by atoms with van der Waals surface area (Å²) in [5, 5.41) is 0. The van der Waals surface area contributed by atoms with Crippen molar-refractivity contribution in [2.75, 3.05) is 20.8 Å². The van der Waals surface area contributed by atoms with E-state index in [1.165, 1.54) is 0 Å². The van der Waals surface area contributed by atoms with Crippen LogP contribution in [0.4, 0.5) is 0 Å². The van der Waals surface area contributed by atoms with Crippen LogP contribution in [0.15, 0.2) is 24.3 Å². The standard InChI is InChI=1S/C11H15NO2/c1-13-10-7-3-5-9(6-4-8-12)11(10)14-2/h3-7H,8,12H2,1-2H3. The van der Waals surface area contributed by atoms with Gasteiger partial charge in [-0.3, -0.25) is 0 Å². The normalized spacial score (nSPS) is 10.5. The third kappa shape index (κ3) is 2.26. The summed E-state index contributed by atoms with van der Waals surface area (Å²) < 4.78 is 10.4. The molecule has 1 aromatic carbocycles. The second-order valence-electron chi connectivity index (χ2n) is 2.72. The summed E-state index contributed by atoms with van der Waals surface area (Å²) in [5.74, 6) is 1.46. The highest BCUT2D eigenvalue weighted by atomic mass is 16.5. The van der Waals surface area contributed by atoms with Gasteiger partial charge in [0, 0.05) is 12.1 Å². The Morgan fingerprint density at radius 3 is 2.64 bits per heavy atom. The van der Waals surface area contributed by atoms with Crippen molar-refractivity contribution < 1.29 is 9.47 Å². The molecule has 0 amide bonds. The van der Waals surface area contributed by atoms with E-state index in [0.29, 0.717) is 6.54 Å².